The van der Waals surface area contributed by atoms with Crippen molar-refractivity contribution in [3.63, 3.8) is 0 Å². The Kier molecular flexibility index (Phi) is 14.4. The molecule has 0 aliphatic heterocycles. The molecule has 8 aromatic carbocycles. The third-order valence-electron chi connectivity index (χ3n) is 14.3. The first kappa shape index (κ1) is 45.3. The van der Waals surface area contributed by atoms with Gasteiger partial charge < -0.3 is 9.13 Å². The minimum atomic E-state index is -3.23. The minimum absolute atomic E-state index is 0.956. The Labute approximate surface area is 388 Å². The van der Waals surface area contributed by atoms with Crippen LogP contribution in [0.1, 0.15) is 27.7 Å². The maximum atomic E-state index is 3.04. The highest BCUT2D eigenvalue weighted by Crippen LogP contribution is 2.36. The van der Waals surface area contributed by atoms with Gasteiger partial charge in [0.05, 0.1) is 7.83 Å². The van der Waals surface area contributed by atoms with Crippen molar-refractivity contribution in [3.8, 4) is 0 Å². The summed E-state index contributed by atoms with van der Waals surface area (Å²) in [5.74, 6) is 0. The molecule has 8 rings (SSSR count). The average Bonchev–Trinajstić information content (AvgIpc) is 3.38. The van der Waals surface area contributed by atoms with Crippen LogP contribution >= 0.6 is 0 Å². The molecule has 2 nitrogen and oxygen atoms in total. The SMILES string of the molecule is CCN(CC)[Si](c1ccccc1)(c1ccccc1)[Si](c1ccccc1)(c1ccccc1)[Si](C)[Si](c1ccccc1)(c1ccccc1)[Si](c1ccccc1)(c1ccccc1)N(CC)CC. The summed E-state index contributed by atoms with van der Waals surface area (Å²) in [6.45, 7) is 16.5. The van der Waals surface area contributed by atoms with E-state index < -0.39 is 37.6 Å². The monoisotopic (exact) mass is 915 g/mol. The van der Waals surface area contributed by atoms with E-state index >= 15 is 0 Å². The molecule has 0 heterocycles. The number of nitrogens with zero attached hydrogens (tertiary/aromatic N) is 2. The fourth-order valence-corrected chi connectivity index (χ4v) is 112. The maximum Gasteiger partial charge on any atom is 0.187 e. The lowest BCUT2D eigenvalue weighted by Crippen LogP contribution is -3.05. The van der Waals surface area contributed by atoms with E-state index in [1.165, 1.54) is 20.7 Å². The standard InChI is InChI=1S/C57H63N2Si5/c1-6-58(7-2)61(50-34-18-10-19-35-50,51-36-20-11-21-37-51)63(54-42-26-14-27-43-54,55-44-28-15-29-45-55)60(5)64(56-46-30-16-31-47-56,57-48-32-17-33-49-57)62(59(8-3)9-4,52-38-22-12-23-39-52)53-40-24-13-25-41-53/h10-49H,6-9H2,1-5H3. The molecular weight excluding hydrogens is 853 g/mol. The molecule has 0 amide bonds. The second-order valence-corrected chi connectivity index (χ2v) is 52.1. The van der Waals surface area contributed by atoms with Crippen molar-refractivity contribution >= 4 is 79.0 Å². The van der Waals surface area contributed by atoms with Gasteiger partial charge in [0.2, 0.25) is 0 Å². The highest BCUT2D eigenvalue weighted by molar-refractivity contribution is 7.98. The normalized spacial score (nSPS) is 12.5. The lowest BCUT2D eigenvalue weighted by molar-refractivity contribution is 0.484. The van der Waals surface area contributed by atoms with E-state index in [2.05, 4.69) is 286 Å². The number of hydrogen-bond donors (Lipinski definition) is 0. The summed E-state index contributed by atoms with van der Waals surface area (Å²) in [6, 6.07) is 96.6. The summed E-state index contributed by atoms with van der Waals surface area (Å²) >= 11 is 0. The second kappa shape index (κ2) is 20.3. The lowest BCUT2D eigenvalue weighted by Gasteiger charge is -2.64. The first-order valence-electron chi connectivity index (χ1n) is 23.3. The zero-order chi connectivity index (χ0) is 44.5. The zero-order valence-corrected chi connectivity index (χ0v) is 43.3. The molecule has 0 saturated carbocycles. The van der Waals surface area contributed by atoms with E-state index in [1.807, 2.05) is 0 Å². The van der Waals surface area contributed by atoms with E-state index in [0.29, 0.717) is 0 Å². The van der Waals surface area contributed by atoms with Gasteiger partial charge in [-0.3, -0.25) is 0 Å². The smallest absolute Gasteiger partial charge is 0.187 e. The minimum Gasteiger partial charge on any atom is -0.319 e. The van der Waals surface area contributed by atoms with Crippen molar-refractivity contribution in [1.29, 1.82) is 0 Å². The van der Waals surface area contributed by atoms with Crippen LogP contribution in [0.5, 0.6) is 0 Å². The van der Waals surface area contributed by atoms with Crippen molar-refractivity contribution in [2.45, 2.75) is 34.2 Å². The predicted octanol–water partition coefficient (Wildman–Crippen LogP) is 7.15. The van der Waals surface area contributed by atoms with Crippen molar-refractivity contribution in [2.75, 3.05) is 26.2 Å². The molecule has 0 aromatic heterocycles. The quantitative estimate of drug-likeness (QED) is 0.0845. The first-order chi connectivity index (χ1) is 31.5. The second-order valence-electron chi connectivity index (χ2n) is 16.8. The van der Waals surface area contributed by atoms with Crippen molar-refractivity contribution in [2.24, 2.45) is 0 Å². The van der Waals surface area contributed by atoms with Crippen LogP contribution in [0.15, 0.2) is 243 Å². The third kappa shape index (κ3) is 7.18. The molecular formula is C57H63N2Si5. The molecule has 7 heteroatoms. The highest BCUT2D eigenvalue weighted by Gasteiger charge is 2.75. The van der Waals surface area contributed by atoms with Crippen molar-refractivity contribution in [1.82, 2.24) is 9.13 Å². The van der Waals surface area contributed by atoms with Gasteiger partial charge in [-0.15, -0.1) is 0 Å². The van der Waals surface area contributed by atoms with Crippen molar-refractivity contribution in [3.05, 3.63) is 243 Å². The molecule has 0 saturated heterocycles. The Hall–Kier alpha value is -5.24. The van der Waals surface area contributed by atoms with E-state index in [0.717, 1.165) is 26.2 Å². The molecule has 0 atom stereocenters. The molecule has 0 aliphatic rings. The number of hydrogen-bond acceptors (Lipinski definition) is 2. The Balaban J connectivity index is 1.77. The summed E-state index contributed by atoms with van der Waals surface area (Å²) in [6.07, 6.45) is 0. The first-order valence-corrected chi connectivity index (χ1v) is 37.2. The molecule has 0 fully saturated rings. The Bertz CT molecular complexity index is 2270. The predicted molar refractivity (Wildman–Crippen MR) is 289 cm³/mol. The van der Waals surface area contributed by atoms with Gasteiger partial charge in [-0.25, -0.2) is 0 Å². The van der Waals surface area contributed by atoms with Gasteiger partial charge in [0.1, 0.15) is 14.2 Å². The summed E-state index contributed by atoms with van der Waals surface area (Å²) in [4.78, 5) is 0. The summed E-state index contributed by atoms with van der Waals surface area (Å²) in [5.41, 5.74) is 0. The van der Waals surface area contributed by atoms with Crippen LogP contribution in [0.4, 0.5) is 0 Å². The van der Waals surface area contributed by atoms with Crippen LogP contribution in [0.2, 0.25) is 6.55 Å². The Morgan fingerprint density at radius 1 is 0.266 bits per heavy atom. The summed E-state index contributed by atoms with van der Waals surface area (Å²) in [7, 11) is -14.5. The van der Waals surface area contributed by atoms with Gasteiger partial charge in [-0.05, 0) is 46.9 Å². The molecule has 321 valence electrons. The van der Waals surface area contributed by atoms with Crippen LogP contribution in [0, 0.1) is 0 Å². The van der Waals surface area contributed by atoms with Crippen LogP contribution < -0.4 is 41.5 Å². The Morgan fingerprint density at radius 3 is 0.578 bits per heavy atom. The summed E-state index contributed by atoms with van der Waals surface area (Å²) < 4.78 is 6.08. The lowest BCUT2D eigenvalue weighted by atomic mass is 10.4. The number of benzene rings is 8. The van der Waals surface area contributed by atoms with E-state index in [-0.39, 0.29) is 0 Å². The fraction of sp³-hybridized carbons (Fsp3) is 0.158. The van der Waals surface area contributed by atoms with Gasteiger partial charge in [-0.2, -0.15) is 0 Å². The molecule has 0 N–H and O–H groups in total. The van der Waals surface area contributed by atoms with Gasteiger partial charge in [0, 0.05) is 0 Å². The van der Waals surface area contributed by atoms with Gasteiger partial charge in [-0.1, -0.05) is 298 Å². The van der Waals surface area contributed by atoms with Gasteiger partial charge >= 0.3 is 0 Å². The topological polar surface area (TPSA) is 6.48 Å². The van der Waals surface area contributed by atoms with E-state index in [9.17, 15) is 0 Å². The molecule has 1 radical (unpaired) electrons. The van der Waals surface area contributed by atoms with Crippen molar-refractivity contribution < 1.29 is 0 Å². The van der Waals surface area contributed by atoms with E-state index in [4.69, 9.17) is 0 Å². The molecule has 0 spiro atoms. The Morgan fingerprint density at radius 2 is 0.422 bits per heavy atom. The van der Waals surface area contributed by atoms with Crippen LogP contribution in [0.25, 0.3) is 0 Å². The molecule has 0 aliphatic carbocycles. The summed E-state index contributed by atoms with van der Waals surface area (Å²) in [5, 5.41) is 12.3. The van der Waals surface area contributed by atoms with E-state index in [1.54, 1.807) is 20.7 Å². The maximum absolute atomic E-state index is 3.23. The highest BCUT2D eigenvalue weighted by atomic mass is 29.9. The largest absolute Gasteiger partial charge is 0.319 e. The van der Waals surface area contributed by atoms with Crippen LogP contribution in [-0.4, -0.2) is 72.9 Å². The number of rotatable bonds is 18. The fourth-order valence-electron chi connectivity index (χ4n) is 12.1. The van der Waals surface area contributed by atoms with Gasteiger partial charge in [0.15, 0.2) is 15.5 Å². The van der Waals surface area contributed by atoms with Crippen LogP contribution in [0.3, 0.4) is 0 Å². The molecule has 0 bridgehead atoms. The average molecular weight is 917 g/mol. The molecule has 64 heavy (non-hydrogen) atoms. The zero-order valence-electron chi connectivity index (χ0n) is 38.3. The molecule has 0 unspecified atom stereocenters. The third-order valence-corrected chi connectivity index (χ3v) is 81.4. The van der Waals surface area contributed by atoms with Crippen LogP contribution in [-0.2, 0) is 0 Å². The van der Waals surface area contributed by atoms with Gasteiger partial charge in [0.25, 0.3) is 0 Å². The molecule has 8 aromatic rings.